The fraction of sp³-hybridized carbons (Fsp3) is 0.375. The van der Waals surface area contributed by atoms with E-state index in [9.17, 15) is 4.79 Å². The Morgan fingerprint density at radius 3 is 2.71 bits per heavy atom. The van der Waals surface area contributed by atoms with Crippen molar-refractivity contribution < 1.29 is 4.79 Å². The van der Waals surface area contributed by atoms with Gasteiger partial charge in [0.05, 0.1) is 16.1 Å². The fourth-order valence-corrected chi connectivity index (χ4v) is 3.77. The van der Waals surface area contributed by atoms with E-state index in [0.29, 0.717) is 6.42 Å². The number of nitrogens with one attached hydrogen (secondary N) is 1. The number of rotatable bonds is 4. The van der Waals surface area contributed by atoms with E-state index in [-0.39, 0.29) is 5.91 Å². The number of thiazole rings is 1. The summed E-state index contributed by atoms with van der Waals surface area (Å²) in [7, 11) is 0. The average molecular weight is 301 g/mol. The van der Waals surface area contributed by atoms with E-state index in [0.717, 1.165) is 30.6 Å². The van der Waals surface area contributed by atoms with E-state index in [2.05, 4.69) is 34.6 Å². The molecule has 3 rings (SSSR count). The Balaban J connectivity index is 1.81. The molecule has 1 aromatic carbocycles. The number of hydrogen-bond acceptors (Lipinski definition) is 4. The number of nitrogens with two attached hydrogens (primary N) is 1. The topological polar surface area (TPSA) is 68.0 Å². The van der Waals surface area contributed by atoms with Gasteiger partial charge in [-0.3, -0.25) is 4.79 Å². The van der Waals surface area contributed by atoms with Crippen molar-refractivity contribution in [3.8, 4) is 10.4 Å². The number of carbonyl (C=O) groups excluding carboxylic acids is 1. The van der Waals surface area contributed by atoms with Gasteiger partial charge in [-0.15, -0.1) is 11.3 Å². The zero-order valence-electron chi connectivity index (χ0n) is 12.1. The first-order valence-corrected chi connectivity index (χ1v) is 8.03. The third kappa shape index (κ3) is 2.71. The average Bonchev–Trinajstić information content (AvgIpc) is 3.10. The van der Waals surface area contributed by atoms with Crippen LogP contribution in [0.15, 0.2) is 29.8 Å². The lowest BCUT2D eigenvalue weighted by atomic mass is 9.88. The third-order valence-electron chi connectivity index (χ3n) is 4.18. The zero-order valence-corrected chi connectivity index (χ0v) is 12.9. The van der Waals surface area contributed by atoms with Crippen LogP contribution in [-0.4, -0.2) is 23.0 Å². The van der Waals surface area contributed by atoms with Crippen LogP contribution in [0.4, 0.5) is 0 Å². The largest absolute Gasteiger partial charge is 0.368 e. The summed E-state index contributed by atoms with van der Waals surface area (Å²) in [6.07, 6.45) is 2.48. The van der Waals surface area contributed by atoms with Crippen LogP contribution in [0, 0.1) is 6.92 Å². The Hall–Kier alpha value is -1.72. The molecule has 1 aliphatic heterocycles. The van der Waals surface area contributed by atoms with Crippen LogP contribution in [0.2, 0.25) is 0 Å². The highest BCUT2D eigenvalue weighted by molar-refractivity contribution is 7.13. The molecule has 0 bridgehead atoms. The second-order valence-electron chi connectivity index (χ2n) is 5.62. The summed E-state index contributed by atoms with van der Waals surface area (Å²) in [4.78, 5) is 17.3. The van der Waals surface area contributed by atoms with Gasteiger partial charge in [0.1, 0.15) is 5.54 Å². The van der Waals surface area contributed by atoms with Gasteiger partial charge in [0.2, 0.25) is 5.91 Å². The maximum absolute atomic E-state index is 11.8. The van der Waals surface area contributed by atoms with Gasteiger partial charge in [0.25, 0.3) is 0 Å². The molecule has 1 amide bonds. The molecular formula is C16H19N3OS. The van der Waals surface area contributed by atoms with Crippen molar-refractivity contribution in [2.75, 3.05) is 6.54 Å². The van der Waals surface area contributed by atoms with Crippen molar-refractivity contribution in [1.29, 1.82) is 0 Å². The van der Waals surface area contributed by atoms with Gasteiger partial charge < -0.3 is 11.1 Å². The first-order chi connectivity index (χ1) is 10.1. The van der Waals surface area contributed by atoms with Crippen molar-refractivity contribution in [2.45, 2.75) is 31.7 Å². The second kappa shape index (κ2) is 5.58. The molecule has 110 valence electrons. The first-order valence-electron chi connectivity index (χ1n) is 7.15. The highest BCUT2D eigenvalue weighted by atomic mass is 32.1. The van der Waals surface area contributed by atoms with Crippen LogP contribution in [0.25, 0.3) is 10.4 Å². The van der Waals surface area contributed by atoms with Gasteiger partial charge in [-0.2, -0.15) is 0 Å². The molecule has 2 heterocycles. The molecule has 4 nitrogen and oxygen atoms in total. The van der Waals surface area contributed by atoms with Crippen molar-refractivity contribution in [1.82, 2.24) is 10.3 Å². The molecule has 1 fully saturated rings. The standard InChI is InChI=1S/C16H19N3OS/c1-11-14(21-10-18-11)13-5-3-12(4-6-13)9-16(15(17)20)7-2-8-19-16/h3-6,10,19H,2,7-9H2,1H3,(H2,17,20). The number of primary amides is 1. The van der Waals surface area contributed by atoms with E-state index < -0.39 is 5.54 Å². The molecule has 1 atom stereocenters. The molecule has 5 heteroatoms. The fourth-order valence-electron chi connectivity index (χ4n) is 2.96. The molecular weight excluding hydrogens is 282 g/mol. The smallest absolute Gasteiger partial charge is 0.238 e. The second-order valence-corrected chi connectivity index (χ2v) is 6.47. The highest BCUT2D eigenvalue weighted by Crippen LogP contribution is 2.29. The van der Waals surface area contributed by atoms with E-state index >= 15 is 0 Å². The molecule has 1 aliphatic rings. The van der Waals surface area contributed by atoms with Gasteiger partial charge in [-0.1, -0.05) is 24.3 Å². The summed E-state index contributed by atoms with van der Waals surface area (Å²) in [6.45, 7) is 2.88. The summed E-state index contributed by atoms with van der Waals surface area (Å²) in [5, 5.41) is 3.29. The summed E-state index contributed by atoms with van der Waals surface area (Å²) >= 11 is 1.65. The van der Waals surface area contributed by atoms with E-state index in [1.807, 2.05) is 12.4 Å². The van der Waals surface area contributed by atoms with Crippen LogP contribution in [0.3, 0.4) is 0 Å². The van der Waals surface area contributed by atoms with Crippen LogP contribution >= 0.6 is 11.3 Å². The number of aryl methyl sites for hydroxylation is 1. The zero-order chi connectivity index (χ0) is 14.9. The van der Waals surface area contributed by atoms with Gasteiger partial charge in [0, 0.05) is 0 Å². The SMILES string of the molecule is Cc1ncsc1-c1ccc(CC2(C(N)=O)CCCN2)cc1. The lowest BCUT2D eigenvalue weighted by molar-refractivity contribution is -0.123. The van der Waals surface area contributed by atoms with Crippen molar-refractivity contribution in [3.63, 3.8) is 0 Å². The number of aromatic nitrogens is 1. The summed E-state index contributed by atoms with van der Waals surface area (Å²) in [6, 6.07) is 8.36. The van der Waals surface area contributed by atoms with Gasteiger partial charge in [0.15, 0.2) is 0 Å². The monoisotopic (exact) mass is 301 g/mol. The van der Waals surface area contributed by atoms with Crippen molar-refractivity contribution >= 4 is 17.2 Å². The molecule has 0 saturated carbocycles. The van der Waals surface area contributed by atoms with Crippen LogP contribution in [0.5, 0.6) is 0 Å². The Morgan fingerprint density at radius 1 is 1.43 bits per heavy atom. The maximum Gasteiger partial charge on any atom is 0.238 e. The summed E-state index contributed by atoms with van der Waals surface area (Å²) < 4.78 is 0. The van der Waals surface area contributed by atoms with Gasteiger partial charge in [-0.25, -0.2) is 4.98 Å². The summed E-state index contributed by atoms with van der Waals surface area (Å²) in [5.41, 5.74) is 10.3. The Morgan fingerprint density at radius 2 is 2.19 bits per heavy atom. The normalized spacial score (nSPS) is 21.6. The van der Waals surface area contributed by atoms with Crippen LogP contribution < -0.4 is 11.1 Å². The summed E-state index contributed by atoms with van der Waals surface area (Å²) in [5.74, 6) is -0.248. The Bertz CT molecular complexity index is 642. The molecule has 0 radical (unpaired) electrons. The molecule has 3 N–H and O–H groups in total. The molecule has 0 spiro atoms. The predicted octanol–water partition coefficient (Wildman–Crippen LogP) is 2.27. The van der Waals surface area contributed by atoms with E-state index in [1.165, 1.54) is 10.4 Å². The minimum absolute atomic E-state index is 0.248. The molecule has 21 heavy (non-hydrogen) atoms. The van der Waals surface area contributed by atoms with Crippen molar-refractivity contribution in [2.24, 2.45) is 5.73 Å². The Labute approximate surface area is 128 Å². The van der Waals surface area contributed by atoms with Crippen LogP contribution in [0.1, 0.15) is 24.1 Å². The van der Waals surface area contributed by atoms with Gasteiger partial charge >= 0.3 is 0 Å². The number of hydrogen-bond donors (Lipinski definition) is 2. The number of carbonyl (C=O) groups is 1. The molecule has 2 aromatic rings. The minimum Gasteiger partial charge on any atom is -0.368 e. The molecule has 0 aliphatic carbocycles. The number of benzene rings is 1. The lowest BCUT2D eigenvalue weighted by Crippen LogP contribution is -2.53. The quantitative estimate of drug-likeness (QED) is 0.910. The first kappa shape index (κ1) is 14.2. The van der Waals surface area contributed by atoms with E-state index in [1.54, 1.807) is 11.3 Å². The maximum atomic E-state index is 11.8. The lowest BCUT2D eigenvalue weighted by Gasteiger charge is -2.25. The molecule has 1 aromatic heterocycles. The molecule has 1 unspecified atom stereocenters. The number of amides is 1. The number of nitrogens with zero attached hydrogens (tertiary/aromatic N) is 1. The Kier molecular flexibility index (Phi) is 3.78. The highest BCUT2D eigenvalue weighted by Gasteiger charge is 2.39. The van der Waals surface area contributed by atoms with E-state index in [4.69, 9.17) is 5.73 Å². The van der Waals surface area contributed by atoms with Crippen molar-refractivity contribution in [3.05, 3.63) is 41.0 Å². The predicted molar refractivity (Wildman–Crippen MR) is 85.2 cm³/mol. The van der Waals surface area contributed by atoms with Crippen LogP contribution in [-0.2, 0) is 11.2 Å². The molecule has 1 saturated heterocycles. The minimum atomic E-state index is -0.568. The van der Waals surface area contributed by atoms with Gasteiger partial charge in [-0.05, 0) is 43.9 Å². The third-order valence-corrected chi connectivity index (χ3v) is 5.16.